The number of allylic oxidation sites excluding steroid dienone is 1. The van der Waals surface area contributed by atoms with Crippen LogP contribution in [0, 0.1) is 0 Å². The topological polar surface area (TPSA) is 96.8 Å². The predicted octanol–water partition coefficient (Wildman–Crippen LogP) is -3.90. The number of nitrogens with one attached hydrogen (secondary N) is 2. The Morgan fingerprint density at radius 1 is 1.33 bits per heavy atom. The van der Waals surface area contributed by atoms with E-state index in [9.17, 15) is 9.90 Å². The van der Waals surface area contributed by atoms with Crippen molar-refractivity contribution in [2.45, 2.75) is 6.92 Å². The summed E-state index contributed by atoms with van der Waals surface area (Å²) in [6.07, 6.45) is 5.48. The molecule has 0 aliphatic carbocycles. The zero-order valence-electron chi connectivity index (χ0n) is 10.8. The van der Waals surface area contributed by atoms with Gasteiger partial charge in [-0.3, -0.25) is 4.99 Å². The van der Waals surface area contributed by atoms with Gasteiger partial charge in [-0.25, -0.2) is 4.79 Å². The molecule has 0 unspecified atom stereocenters. The van der Waals surface area contributed by atoms with Crippen molar-refractivity contribution in [3.63, 3.8) is 0 Å². The van der Waals surface area contributed by atoms with Gasteiger partial charge in [0, 0.05) is 25.7 Å². The molecule has 0 amide bonds. The molecule has 7 heteroatoms. The molecular weight excluding hydrogens is 245 g/mol. The molecular formula is C11H18N3NaO3. The van der Waals surface area contributed by atoms with Crippen LogP contribution in [0.15, 0.2) is 29.4 Å². The van der Waals surface area contributed by atoms with Crippen LogP contribution in [0.1, 0.15) is 6.92 Å². The molecule has 0 heterocycles. The average molecular weight is 263 g/mol. The Hall–Kier alpha value is -0.820. The van der Waals surface area contributed by atoms with Crippen LogP contribution in [0.5, 0.6) is 0 Å². The molecule has 0 bridgehead atoms. The number of hydrogen-bond donors (Lipinski definition) is 3. The van der Waals surface area contributed by atoms with E-state index in [1.54, 1.807) is 0 Å². The van der Waals surface area contributed by atoms with Crippen LogP contribution in [-0.2, 0) is 4.79 Å². The minimum atomic E-state index is -1.15. The molecule has 0 spiro atoms. The third-order valence-corrected chi connectivity index (χ3v) is 1.66. The smallest absolute Gasteiger partial charge is 0.859 e. The first-order chi connectivity index (χ1) is 8.16. The number of hydrogen-bond acceptors (Lipinski definition) is 5. The molecule has 0 rings (SSSR count). The van der Waals surface area contributed by atoms with Gasteiger partial charge in [0.1, 0.15) is 0 Å². The fraction of sp³-hybridized carbons (Fsp3) is 0.455. The normalized spacial score (nSPS) is 11.7. The third-order valence-electron chi connectivity index (χ3n) is 1.66. The van der Waals surface area contributed by atoms with Crippen molar-refractivity contribution in [1.82, 2.24) is 10.6 Å². The Bertz CT molecular complexity index is 304. The summed E-state index contributed by atoms with van der Waals surface area (Å²) in [7, 11) is 0. The first-order valence-corrected chi connectivity index (χ1v) is 5.34. The van der Waals surface area contributed by atoms with Gasteiger partial charge in [-0.1, -0.05) is 6.08 Å². The van der Waals surface area contributed by atoms with Crippen LogP contribution in [0.25, 0.3) is 0 Å². The molecule has 0 aliphatic heterocycles. The second-order valence-corrected chi connectivity index (χ2v) is 3.10. The van der Waals surface area contributed by atoms with E-state index in [1.807, 2.05) is 19.2 Å². The van der Waals surface area contributed by atoms with E-state index in [1.165, 1.54) is 0 Å². The molecule has 6 nitrogen and oxygen atoms in total. The number of rotatable bonds is 9. The van der Waals surface area contributed by atoms with Crippen molar-refractivity contribution in [1.29, 1.82) is 0 Å². The fourth-order valence-corrected chi connectivity index (χ4v) is 0.927. The second kappa shape index (κ2) is 14.2. The summed E-state index contributed by atoms with van der Waals surface area (Å²) in [6, 6.07) is 0. The van der Waals surface area contributed by atoms with Gasteiger partial charge in [-0.05, 0) is 25.1 Å². The number of carboxylic acid groups (broad SMARTS) is 1. The standard InChI is InChI=1S/C11H19N3O3.Na/c1-2-5-12-6-7-13-8-9-14-10(15)3-4-11(16)17;/h2-5,12-13H,6-9H2,1H3,(H,14,15)(H,16,17);/q;+1/p-1/b4-3+,5-2+;. The molecule has 0 aromatic carbocycles. The summed E-state index contributed by atoms with van der Waals surface area (Å²) in [5.74, 6) is -1.68. The van der Waals surface area contributed by atoms with Gasteiger partial charge in [0.2, 0.25) is 0 Å². The largest absolute Gasteiger partial charge is 1.00 e. The Morgan fingerprint density at radius 3 is 2.67 bits per heavy atom. The molecule has 18 heavy (non-hydrogen) atoms. The number of nitrogens with zero attached hydrogens (tertiary/aromatic N) is 1. The summed E-state index contributed by atoms with van der Waals surface area (Å²) in [5.41, 5.74) is 0. The van der Waals surface area contributed by atoms with E-state index in [0.29, 0.717) is 13.1 Å². The third kappa shape index (κ3) is 15.2. The zero-order valence-corrected chi connectivity index (χ0v) is 12.8. The maximum atomic E-state index is 11.0. The summed E-state index contributed by atoms with van der Waals surface area (Å²) < 4.78 is 0. The Balaban J connectivity index is 0. The van der Waals surface area contributed by atoms with Gasteiger partial charge in [-0.2, -0.15) is 0 Å². The molecule has 0 aliphatic rings. The van der Waals surface area contributed by atoms with Crippen LogP contribution in [0.4, 0.5) is 0 Å². The fourth-order valence-electron chi connectivity index (χ4n) is 0.927. The molecule has 0 saturated carbocycles. The van der Waals surface area contributed by atoms with E-state index < -0.39 is 11.9 Å². The number of carbonyl (C=O) groups is 1. The van der Waals surface area contributed by atoms with Crippen molar-refractivity contribution in [2.24, 2.45) is 4.99 Å². The van der Waals surface area contributed by atoms with Crippen LogP contribution >= 0.6 is 0 Å². The first-order valence-electron chi connectivity index (χ1n) is 5.34. The van der Waals surface area contributed by atoms with Crippen LogP contribution in [0.3, 0.4) is 0 Å². The van der Waals surface area contributed by atoms with Crippen LogP contribution in [0.2, 0.25) is 0 Å². The van der Waals surface area contributed by atoms with E-state index in [2.05, 4.69) is 15.6 Å². The summed E-state index contributed by atoms with van der Waals surface area (Å²) in [4.78, 5) is 13.7. The quantitative estimate of drug-likeness (QED) is 0.130. The molecule has 0 saturated heterocycles. The molecule has 0 aromatic heterocycles. The number of carboxylic acids is 1. The van der Waals surface area contributed by atoms with Gasteiger partial charge in [-0.15, -0.1) is 0 Å². The van der Waals surface area contributed by atoms with E-state index in [0.717, 1.165) is 25.2 Å². The predicted molar refractivity (Wildman–Crippen MR) is 64.8 cm³/mol. The van der Waals surface area contributed by atoms with Crippen molar-refractivity contribution < 1.29 is 44.6 Å². The minimum absolute atomic E-state index is 0. The maximum absolute atomic E-state index is 11.0. The Kier molecular flexibility index (Phi) is 15.4. The zero-order chi connectivity index (χ0) is 12.9. The van der Waals surface area contributed by atoms with Crippen molar-refractivity contribution in [3.05, 3.63) is 24.4 Å². The molecule has 0 atom stereocenters. The van der Waals surface area contributed by atoms with E-state index >= 15 is 0 Å². The summed E-state index contributed by atoms with van der Waals surface area (Å²) >= 11 is 0. The van der Waals surface area contributed by atoms with Crippen molar-refractivity contribution in [3.8, 4) is 0 Å². The average Bonchev–Trinajstić information content (AvgIpc) is 2.30. The van der Waals surface area contributed by atoms with Gasteiger partial charge < -0.3 is 20.8 Å². The SMILES string of the molecule is C/C=C/NCCNCCN=C([O-])/C=C/C(=O)O.[Na+]. The molecule has 0 radical (unpaired) electrons. The molecule has 0 fully saturated rings. The number of aliphatic imine (C=N–C) groups is 1. The Labute approximate surface area is 129 Å². The van der Waals surface area contributed by atoms with Crippen LogP contribution < -0.4 is 45.3 Å². The second-order valence-electron chi connectivity index (χ2n) is 3.10. The maximum Gasteiger partial charge on any atom is 1.00 e. The van der Waals surface area contributed by atoms with Crippen molar-refractivity contribution >= 4 is 11.9 Å². The molecule has 3 N–H and O–H groups in total. The first kappa shape index (κ1) is 19.5. The Morgan fingerprint density at radius 2 is 2.06 bits per heavy atom. The van der Waals surface area contributed by atoms with Gasteiger partial charge in [0.15, 0.2) is 0 Å². The van der Waals surface area contributed by atoms with Gasteiger partial charge in [0.25, 0.3) is 0 Å². The van der Waals surface area contributed by atoms with Gasteiger partial charge in [0.05, 0.1) is 6.54 Å². The van der Waals surface area contributed by atoms with Crippen molar-refractivity contribution in [2.75, 3.05) is 26.2 Å². The number of aliphatic carboxylic acids is 1. The minimum Gasteiger partial charge on any atom is -0.859 e. The summed E-state index contributed by atoms with van der Waals surface area (Å²) in [6.45, 7) is 4.43. The van der Waals surface area contributed by atoms with Crippen LogP contribution in [-0.4, -0.2) is 43.2 Å². The monoisotopic (exact) mass is 263 g/mol. The molecule has 0 aromatic rings. The molecule has 96 valence electrons. The van der Waals surface area contributed by atoms with E-state index in [-0.39, 0.29) is 29.6 Å². The van der Waals surface area contributed by atoms with E-state index in [4.69, 9.17) is 5.11 Å². The summed E-state index contributed by atoms with van der Waals surface area (Å²) in [5, 5.41) is 25.4. The van der Waals surface area contributed by atoms with Gasteiger partial charge >= 0.3 is 35.5 Å².